The van der Waals surface area contributed by atoms with Gasteiger partial charge in [0.05, 0.1) is 0 Å². The number of hydrogen-bond donors (Lipinski definition) is 1. The molecule has 4 rings (SSSR count). The average Bonchev–Trinajstić information content (AvgIpc) is 3.28. The van der Waals surface area contributed by atoms with E-state index in [9.17, 15) is 9.59 Å². The molecule has 0 saturated carbocycles. The largest absolute Gasteiger partial charge is 0.481 e. The van der Waals surface area contributed by atoms with Gasteiger partial charge in [-0.15, -0.1) is 0 Å². The number of carboxylic acids is 1. The second-order valence-corrected chi connectivity index (χ2v) is 9.67. The van der Waals surface area contributed by atoms with E-state index in [1.54, 1.807) is 19.1 Å². The van der Waals surface area contributed by atoms with Crippen molar-refractivity contribution in [1.82, 2.24) is 9.55 Å². The zero-order valence-electron chi connectivity index (χ0n) is 19.1. The van der Waals surface area contributed by atoms with Gasteiger partial charge < -0.3 is 14.1 Å². The fourth-order valence-electron chi connectivity index (χ4n) is 4.49. The molecule has 0 aliphatic carbocycles. The van der Waals surface area contributed by atoms with E-state index in [4.69, 9.17) is 32.7 Å². The highest BCUT2D eigenvalue weighted by molar-refractivity contribution is 6.31. The molecule has 0 aliphatic heterocycles. The van der Waals surface area contributed by atoms with E-state index in [0.29, 0.717) is 39.9 Å². The topological polar surface area (TPSA) is 85.3 Å². The molecular weight excluding hydrogens is 475 g/mol. The number of halogens is 2. The summed E-state index contributed by atoms with van der Waals surface area (Å²) in [6, 6.07) is 10.9. The fraction of sp³-hybridized carbons (Fsp3) is 0.346. The van der Waals surface area contributed by atoms with Crippen molar-refractivity contribution < 1.29 is 19.1 Å². The molecule has 8 heteroatoms. The number of benzene rings is 2. The summed E-state index contributed by atoms with van der Waals surface area (Å²) in [5, 5.41) is 11.1. The van der Waals surface area contributed by atoms with Crippen LogP contribution in [0.3, 0.4) is 0 Å². The minimum absolute atomic E-state index is 0.0394. The van der Waals surface area contributed by atoms with E-state index in [-0.39, 0.29) is 24.5 Å². The van der Waals surface area contributed by atoms with Gasteiger partial charge in [0.1, 0.15) is 5.52 Å². The standard InChI is InChI=1S/C26H26Cl2N2O4/c1-15(12-25(32)33)11-22(31)26-18-13-16(27)7-9-20(18)30(2)21(26)5-3-4-6-24-29-19-14-17(28)8-10-23(19)34-24/h7-10,13-15H,3-6,11-12H2,1-2H3,(H,32,33)/t15-/m0/s1. The molecule has 2 aromatic carbocycles. The van der Waals surface area contributed by atoms with E-state index in [1.807, 2.05) is 35.9 Å². The van der Waals surface area contributed by atoms with Gasteiger partial charge in [0.25, 0.3) is 0 Å². The third kappa shape index (κ3) is 5.29. The molecule has 178 valence electrons. The van der Waals surface area contributed by atoms with E-state index >= 15 is 0 Å². The monoisotopic (exact) mass is 500 g/mol. The molecule has 1 N–H and O–H groups in total. The van der Waals surface area contributed by atoms with Crippen molar-refractivity contribution in [2.45, 2.75) is 45.4 Å². The van der Waals surface area contributed by atoms with Crippen LogP contribution in [0.1, 0.15) is 54.5 Å². The highest BCUT2D eigenvalue weighted by Gasteiger charge is 2.23. The molecule has 2 heterocycles. The number of aliphatic carboxylic acids is 1. The molecule has 0 aliphatic rings. The summed E-state index contributed by atoms with van der Waals surface area (Å²) in [6.07, 6.45) is 3.19. The van der Waals surface area contributed by atoms with Crippen LogP contribution in [-0.4, -0.2) is 26.4 Å². The number of aryl methyl sites for hydroxylation is 2. The van der Waals surface area contributed by atoms with E-state index in [0.717, 1.165) is 35.0 Å². The van der Waals surface area contributed by atoms with Gasteiger partial charge in [-0.05, 0) is 61.6 Å². The number of rotatable bonds is 10. The molecule has 0 saturated heterocycles. The van der Waals surface area contributed by atoms with Crippen LogP contribution in [0.25, 0.3) is 22.0 Å². The van der Waals surface area contributed by atoms with Gasteiger partial charge in [-0.3, -0.25) is 9.59 Å². The van der Waals surface area contributed by atoms with Crippen molar-refractivity contribution in [3.05, 3.63) is 63.6 Å². The van der Waals surface area contributed by atoms with Crippen LogP contribution in [0.5, 0.6) is 0 Å². The molecule has 2 aromatic heterocycles. The van der Waals surface area contributed by atoms with Crippen molar-refractivity contribution >= 4 is 57.0 Å². The van der Waals surface area contributed by atoms with Crippen LogP contribution in [0, 0.1) is 5.92 Å². The maximum Gasteiger partial charge on any atom is 0.303 e. The summed E-state index contributed by atoms with van der Waals surface area (Å²) >= 11 is 12.3. The number of unbranched alkanes of at least 4 members (excludes halogenated alkanes) is 1. The quantitative estimate of drug-likeness (QED) is 0.189. The molecular formula is C26H26Cl2N2O4. The Labute approximate surface area is 207 Å². The first-order valence-corrected chi connectivity index (χ1v) is 12.0. The van der Waals surface area contributed by atoms with E-state index < -0.39 is 5.97 Å². The predicted molar refractivity (Wildman–Crippen MR) is 134 cm³/mol. The van der Waals surface area contributed by atoms with Crippen LogP contribution < -0.4 is 0 Å². The van der Waals surface area contributed by atoms with E-state index in [1.165, 1.54) is 0 Å². The van der Waals surface area contributed by atoms with Gasteiger partial charge in [-0.2, -0.15) is 0 Å². The number of aromatic nitrogens is 2. The lowest BCUT2D eigenvalue weighted by Crippen LogP contribution is -2.12. The minimum atomic E-state index is -0.900. The van der Waals surface area contributed by atoms with Crippen LogP contribution in [0.4, 0.5) is 0 Å². The predicted octanol–water partition coefficient (Wildman–Crippen LogP) is 6.88. The second kappa shape index (κ2) is 10.2. The van der Waals surface area contributed by atoms with Crippen LogP contribution in [-0.2, 0) is 24.7 Å². The number of hydrogen-bond acceptors (Lipinski definition) is 4. The third-order valence-corrected chi connectivity index (χ3v) is 6.54. The summed E-state index contributed by atoms with van der Waals surface area (Å²) in [5.74, 6) is -0.532. The van der Waals surface area contributed by atoms with Crippen molar-refractivity contribution in [3.8, 4) is 0 Å². The van der Waals surface area contributed by atoms with Gasteiger partial charge >= 0.3 is 5.97 Å². The van der Waals surface area contributed by atoms with Crippen molar-refractivity contribution in [2.75, 3.05) is 0 Å². The molecule has 0 radical (unpaired) electrons. The van der Waals surface area contributed by atoms with Gasteiger partial charge in [0.15, 0.2) is 17.3 Å². The molecule has 0 spiro atoms. The molecule has 0 unspecified atom stereocenters. The van der Waals surface area contributed by atoms with Crippen LogP contribution >= 0.6 is 23.2 Å². The Balaban J connectivity index is 1.52. The normalized spacial score (nSPS) is 12.5. The summed E-state index contributed by atoms with van der Waals surface area (Å²) in [7, 11) is 1.95. The number of carbonyl (C=O) groups is 2. The maximum atomic E-state index is 13.3. The summed E-state index contributed by atoms with van der Waals surface area (Å²) < 4.78 is 7.85. The summed E-state index contributed by atoms with van der Waals surface area (Å²) in [4.78, 5) is 28.9. The number of fused-ring (bicyclic) bond motifs is 2. The van der Waals surface area contributed by atoms with Crippen molar-refractivity contribution in [1.29, 1.82) is 0 Å². The lowest BCUT2D eigenvalue weighted by atomic mass is 9.94. The average molecular weight is 501 g/mol. The zero-order valence-corrected chi connectivity index (χ0v) is 20.6. The number of Topliss-reactive ketones (excluding diaryl/α,β-unsaturated/α-hetero) is 1. The van der Waals surface area contributed by atoms with Gasteiger partial charge in [-0.25, -0.2) is 4.98 Å². The smallest absolute Gasteiger partial charge is 0.303 e. The molecule has 1 atom stereocenters. The Hall–Kier alpha value is -2.83. The Kier molecular flexibility index (Phi) is 7.29. The zero-order chi connectivity index (χ0) is 24.4. The molecule has 4 aromatic rings. The SMILES string of the molecule is C[C@H](CC(=O)O)CC(=O)c1c(CCCCc2nc3cc(Cl)ccc3o2)n(C)c2ccc(Cl)cc12. The summed E-state index contributed by atoms with van der Waals surface area (Å²) in [6.45, 7) is 1.79. The number of carboxylic acid groups (broad SMARTS) is 1. The van der Waals surface area contributed by atoms with Crippen molar-refractivity contribution in [3.63, 3.8) is 0 Å². The maximum absolute atomic E-state index is 13.3. The van der Waals surface area contributed by atoms with Crippen molar-refractivity contribution in [2.24, 2.45) is 13.0 Å². The first kappa shape index (κ1) is 24.3. The fourth-order valence-corrected chi connectivity index (χ4v) is 4.82. The minimum Gasteiger partial charge on any atom is -0.481 e. The number of nitrogens with zero attached hydrogens (tertiary/aromatic N) is 2. The lowest BCUT2D eigenvalue weighted by Gasteiger charge is -2.10. The summed E-state index contributed by atoms with van der Waals surface area (Å²) in [5.41, 5.74) is 3.98. The highest BCUT2D eigenvalue weighted by atomic mass is 35.5. The number of oxazole rings is 1. The lowest BCUT2D eigenvalue weighted by molar-refractivity contribution is -0.137. The number of carbonyl (C=O) groups excluding carboxylic acids is 1. The molecule has 34 heavy (non-hydrogen) atoms. The number of ketones is 1. The Morgan fingerprint density at radius 2 is 1.76 bits per heavy atom. The highest BCUT2D eigenvalue weighted by Crippen LogP contribution is 2.31. The Bertz CT molecular complexity index is 1370. The van der Waals surface area contributed by atoms with Gasteiger partial charge in [-0.1, -0.05) is 30.1 Å². The molecule has 0 fully saturated rings. The molecule has 6 nitrogen and oxygen atoms in total. The third-order valence-electron chi connectivity index (χ3n) is 6.07. The first-order chi connectivity index (χ1) is 16.2. The van der Waals surface area contributed by atoms with Gasteiger partial charge in [0.2, 0.25) is 0 Å². The molecule has 0 amide bonds. The molecule has 0 bridgehead atoms. The van der Waals surface area contributed by atoms with Crippen LogP contribution in [0.2, 0.25) is 10.0 Å². The Morgan fingerprint density at radius 3 is 2.53 bits per heavy atom. The van der Waals surface area contributed by atoms with Crippen LogP contribution in [0.15, 0.2) is 40.8 Å². The van der Waals surface area contributed by atoms with E-state index in [2.05, 4.69) is 4.98 Å². The first-order valence-electron chi connectivity index (χ1n) is 11.3. The second-order valence-electron chi connectivity index (χ2n) is 8.80. The Morgan fingerprint density at radius 1 is 1.06 bits per heavy atom. The van der Waals surface area contributed by atoms with Gasteiger partial charge in [0, 0.05) is 58.5 Å².